The van der Waals surface area contributed by atoms with Gasteiger partial charge in [-0.15, -0.1) is 0 Å². The van der Waals surface area contributed by atoms with Crippen LogP contribution in [-0.4, -0.2) is 24.1 Å². The molecule has 0 heterocycles. The summed E-state index contributed by atoms with van der Waals surface area (Å²) < 4.78 is 18.7. The van der Waals surface area contributed by atoms with Crippen molar-refractivity contribution in [1.29, 1.82) is 0 Å². The van der Waals surface area contributed by atoms with Crippen LogP contribution in [0.15, 0.2) is 18.2 Å². The molecule has 4 heteroatoms. The van der Waals surface area contributed by atoms with Gasteiger partial charge in [-0.2, -0.15) is 0 Å². The number of carbonyl (C=O) groups excluding carboxylic acids is 1. The average Bonchev–Trinajstić information content (AvgIpc) is 2.28. The van der Waals surface area contributed by atoms with Crippen molar-refractivity contribution in [3.8, 4) is 5.75 Å². The van der Waals surface area contributed by atoms with Gasteiger partial charge in [-0.25, -0.2) is 4.39 Å². The van der Waals surface area contributed by atoms with Crippen molar-refractivity contribution in [2.24, 2.45) is 0 Å². The van der Waals surface area contributed by atoms with Crippen LogP contribution in [0, 0.1) is 5.82 Å². The summed E-state index contributed by atoms with van der Waals surface area (Å²) in [7, 11) is 0. The molecule has 0 saturated carbocycles. The Kier molecular flexibility index (Phi) is 5.63. The van der Waals surface area contributed by atoms with Crippen LogP contribution >= 0.6 is 0 Å². The Labute approximate surface area is 100 Å². The van der Waals surface area contributed by atoms with Gasteiger partial charge >= 0.3 is 0 Å². The molecule has 0 unspecified atom stereocenters. The summed E-state index contributed by atoms with van der Waals surface area (Å²) >= 11 is 0. The fourth-order valence-electron chi connectivity index (χ4n) is 1.45. The SMILES string of the molecule is CC(=O)c1ccc(OCCCCCO)cc1F. The third-order valence-electron chi connectivity index (χ3n) is 2.39. The topological polar surface area (TPSA) is 46.5 Å². The van der Waals surface area contributed by atoms with Crippen molar-refractivity contribution < 1.29 is 19.0 Å². The van der Waals surface area contributed by atoms with Crippen LogP contribution in [0.1, 0.15) is 36.5 Å². The van der Waals surface area contributed by atoms with Crippen LogP contribution in [0.25, 0.3) is 0 Å². The summed E-state index contributed by atoms with van der Waals surface area (Å²) in [5.41, 5.74) is 0.0811. The Morgan fingerprint density at radius 1 is 1.35 bits per heavy atom. The maximum absolute atomic E-state index is 13.4. The summed E-state index contributed by atoms with van der Waals surface area (Å²) in [6, 6.07) is 4.25. The van der Waals surface area contributed by atoms with Crippen molar-refractivity contribution in [1.82, 2.24) is 0 Å². The third-order valence-corrected chi connectivity index (χ3v) is 2.39. The highest BCUT2D eigenvalue weighted by Crippen LogP contribution is 2.17. The van der Waals surface area contributed by atoms with Gasteiger partial charge < -0.3 is 9.84 Å². The molecule has 1 N–H and O–H groups in total. The number of aliphatic hydroxyl groups is 1. The van der Waals surface area contributed by atoms with Crippen LogP contribution in [0.5, 0.6) is 5.75 Å². The average molecular weight is 240 g/mol. The number of rotatable bonds is 7. The van der Waals surface area contributed by atoms with Gasteiger partial charge in [-0.1, -0.05) is 0 Å². The van der Waals surface area contributed by atoms with Crippen LogP contribution < -0.4 is 4.74 Å². The Morgan fingerprint density at radius 2 is 2.12 bits per heavy atom. The molecular weight excluding hydrogens is 223 g/mol. The van der Waals surface area contributed by atoms with Crippen molar-refractivity contribution in [3.05, 3.63) is 29.6 Å². The van der Waals surface area contributed by atoms with E-state index >= 15 is 0 Å². The summed E-state index contributed by atoms with van der Waals surface area (Å²) in [5.74, 6) is -0.418. The smallest absolute Gasteiger partial charge is 0.162 e. The highest BCUT2D eigenvalue weighted by atomic mass is 19.1. The van der Waals surface area contributed by atoms with Crippen molar-refractivity contribution in [2.75, 3.05) is 13.2 Å². The van der Waals surface area contributed by atoms with E-state index in [9.17, 15) is 9.18 Å². The van der Waals surface area contributed by atoms with Crippen LogP contribution in [0.3, 0.4) is 0 Å². The number of halogens is 1. The number of unbranched alkanes of at least 4 members (excludes halogenated alkanes) is 2. The van der Waals surface area contributed by atoms with E-state index in [0.717, 1.165) is 19.3 Å². The second-order valence-corrected chi connectivity index (χ2v) is 3.83. The molecule has 3 nitrogen and oxygen atoms in total. The first-order valence-corrected chi connectivity index (χ1v) is 5.69. The molecule has 0 aliphatic heterocycles. The first kappa shape index (κ1) is 13.6. The monoisotopic (exact) mass is 240 g/mol. The molecule has 1 aromatic rings. The van der Waals surface area contributed by atoms with Crippen LogP contribution in [0.4, 0.5) is 4.39 Å². The Morgan fingerprint density at radius 3 is 2.71 bits per heavy atom. The van der Waals surface area contributed by atoms with E-state index in [4.69, 9.17) is 9.84 Å². The van der Waals surface area contributed by atoms with Gasteiger partial charge in [0.05, 0.1) is 12.2 Å². The Bertz CT molecular complexity index is 377. The predicted octanol–water partition coefficient (Wildman–Crippen LogP) is 2.57. The Balaban J connectivity index is 2.45. The zero-order chi connectivity index (χ0) is 12.7. The highest BCUT2D eigenvalue weighted by molar-refractivity contribution is 5.94. The van der Waals surface area contributed by atoms with Gasteiger partial charge in [-0.05, 0) is 38.3 Å². The lowest BCUT2D eigenvalue weighted by Crippen LogP contribution is -2.01. The second kappa shape index (κ2) is 7.01. The molecule has 0 bridgehead atoms. The maximum Gasteiger partial charge on any atom is 0.162 e. The normalized spacial score (nSPS) is 10.3. The van der Waals surface area contributed by atoms with Crippen LogP contribution in [-0.2, 0) is 0 Å². The van der Waals surface area contributed by atoms with Crippen molar-refractivity contribution >= 4 is 5.78 Å². The maximum atomic E-state index is 13.4. The minimum absolute atomic E-state index is 0.0811. The molecule has 0 aromatic heterocycles. The lowest BCUT2D eigenvalue weighted by atomic mass is 10.1. The molecular formula is C13H17FO3. The van der Waals surface area contributed by atoms with E-state index in [1.165, 1.54) is 19.1 Å². The van der Waals surface area contributed by atoms with Gasteiger partial charge in [0, 0.05) is 12.7 Å². The second-order valence-electron chi connectivity index (χ2n) is 3.83. The molecule has 1 rings (SSSR count). The van der Waals surface area contributed by atoms with E-state index in [-0.39, 0.29) is 18.0 Å². The predicted molar refractivity (Wildman–Crippen MR) is 62.8 cm³/mol. The number of aliphatic hydroxyl groups excluding tert-OH is 1. The van der Waals surface area contributed by atoms with Gasteiger partial charge in [0.15, 0.2) is 5.78 Å². The van der Waals surface area contributed by atoms with Gasteiger partial charge in [0.25, 0.3) is 0 Å². The van der Waals surface area contributed by atoms with Crippen molar-refractivity contribution in [2.45, 2.75) is 26.2 Å². The fourth-order valence-corrected chi connectivity index (χ4v) is 1.45. The van der Waals surface area contributed by atoms with E-state index in [0.29, 0.717) is 12.4 Å². The van der Waals surface area contributed by atoms with Gasteiger partial charge in [0.1, 0.15) is 11.6 Å². The molecule has 0 aliphatic rings. The van der Waals surface area contributed by atoms with Gasteiger partial charge in [-0.3, -0.25) is 4.79 Å². The number of hydrogen-bond acceptors (Lipinski definition) is 3. The van der Waals surface area contributed by atoms with Crippen LogP contribution in [0.2, 0.25) is 0 Å². The summed E-state index contributed by atoms with van der Waals surface area (Å²) in [6.45, 7) is 1.99. The number of carbonyl (C=O) groups is 1. The fraction of sp³-hybridized carbons (Fsp3) is 0.462. The van der Waals surface area contributed by atoms with E-state index in [2.05, 4.69) is 0 Å². The Hall–Kier alpha value is -1.42. The quantitative estimate of drug-likeness (QED) is 0.588. The minimum atomic E-state index is -0.551. The molecule has 0 aliphatic carbocycles. The van der Waals surface area contributed by atoms with E-state index in [1.807, 2.05) is 0 Å². The molecule has 0 saturated heterocycles. The molecule has 0 fully saturated rings. The standard InChI is InChI=1S/C13H17FO3/c1-10(16)12-6-5-11(9-13(12)14)17-8-4-2-3-7-15/h5-6,9,15H,2-4,7-8H2,1H3. The number of benzene rings is 1. The molecule has 0 amide bonds. The molecule has 0 spiro atoms. The minimum Gasteiger partial charge on any atom is -0.493 e. The molecule has 1 aromatic carbocycles. The summed E-state index contributed by atoms with van der Waals surface area (Å²) in [6.07, 6.45) is 2.45. The molecule has 0 radical (unpaired) electrons. The van der Waals surface area contributed by atoms with E-state index < -0.39 is 5.82 Å². The lowest BCUT2D eigenvalue weighted by Gasteiger charge is -2.07. The summed E-state index contributed by atoms with van der Waals surface area (Å²) in [5, 5.41) is 8.58. The number of ether oxygens (including phenoxy) is 1. The number of hydrogen-bond donors (Lipinski definition) is 1. The molecule has 94 valence electrons. The first-order valence-electron chi connectivity index (χ1n) is 5.69. The highest BCUT2D eigenvalue weighted by Gasteiger charge is 2.07. The summed E-state index contributed by atoms with van der Waals surface area (Å²) in [4.78, 5) is 11.0. The number of Topliss-reactive ketones (excluding diaryl/α,β-unsaturated/α-hetero) is 1. The van der Waals surface area contributed by atoms with Crippen molar-refractivity contribution in [3.63, 3.8) is 0 Å². The zero-order valence-corrected chi connectivity index (χ0v) is 9.91. The molecule has 17 heavy (non-hydrogen) atoms. The van der Waals surface area contributed by atoms with E-state index in [1.54, 1.807) is 6.07 Å². The third kappa shape index (κ3) is 4.53. The van der Waals surface area contributed by atoms with Gasteiger partial charge in [0.2, 0.25) is 0 Å². The first-order chi connectivity index (χ1) is 8.15. The number of ketones is 1. The lowest BCUT2D eigenvalue weighted by molar-refractivity contribution is 0.101. The largest absolute Gasteiger partial charge is 0.493 e. The molecule has 0 atom stereocenters. The zero-order valence-electron chi connectivity index (χ0n) is 9.91.